The number of hydrogen-bond acceptors (Lipinski definition) is 4. The number of para-hydroxylation sites is 1. The fourth-order valence-corrected chi connectivity index (χ4v) is 9.81. The summed E-state index contributed by atoms with van der Waals surface area (Å²) in [6.07, 6.45) is 4.51. The van der Waals surface area contributed by atoms with E-state index < -0.39 is 0 Å². The number of benzene rings is 6. The van der Waals surface area contributed by atoms with Gasteiger partial charge in [0.15, 0.2) is 0 Å². The van der Waals surface area contributed by atoms with Gasteiger partial charge in [-0.15, -0.1) is 6.07 Å². The molecule has 290 valence electrons. The van der Waals surface area contributed by atoms with Crippen molar-refractivity contribution in [1.29, 1.82) is 0 Å². The summed E-state index contributed by atoms with van der Waals surface area (Å²) in [4.78, 5) is 9.98. The Bertz CT molecular complexity index is 3050. The average molecular weight is 946 g/mol. The summed E-state index contributed by atoms with van der Waals surface area (Å²) in [7, 11) is 0. The Morgan fingerprint density at radius 2 is 1.27 bits per heavy atom. The molecule has 1 spiro atoms. The molecule has 0 radical (unpaired) electrons. The molecule has 2 aliphatic rings. The van der Waals surface area contributed by atoms with Gasteiger partial charge in [0.05, 0.1) is 11.2 Å². The van der Waals surface area contributed by atoms with E-state index in [1.165, 1.54) is 44.5 Å². The number of ether oxygens (including phenoxy) is 1. The van der Waals surface area contributed by atoms with E-state index in [9.17, 15) is 5.11 Å². The molecule has 6 aromatic carbocycles. The number of rotatable bonds is 6. The van der Waals surface area contributed by atoms with Gasteiger partial charge in [0.25, 0.3) is 0 Å². The smallest absolute Gasteiger partial charge is 0.223 e. The Labute approximate surface area is 358 Å². The van der Waals surface area contributed by atoms with Gasteiger partial charge >= 0.3 is 0 Å². The predicted octanol–water partition coefficient (Wildman–Crippen LogP) is 12.4. The Balaban J connectivity index is 0.00000420. The van der Waals surface area contributed by atoms with Crippen molar-refractivity contribution in [3.63, 3.8) is 0 Å². The molecule has 6 heteroatoms. The van der Waals surface area contributed by atoms with Gasteiger partial charge in [-0.05, 0) is 137 Å². The predicted molar refractivity (Wildman–Crippen MR) is 233 cm³/mol. The Morgan fingerprint density at radius 1 is 0.593 bits per heavy atom. The molecule has 5 nitrogen and oxygen atoms in total. The molecule has 2 aliphatic carbocycles. The number of aromatic hydroxyl groups is 1. The molecule has 11 rings (SSSR count). The van der Waals surface area contributed by atoms with Gasteiger partial charge in [-0.1, -0.05) is 84.6 Å². The van der Waals surface area contributed by atoms with Gasteiger partial charge in [0.2, 0.25) is 11.8 Å². The molecule has 0 atom stereocenters. The summed E-state index contributed by atoms with van der Waals surface area (Å²) in [5.41, 5.74) is 17.3. The average Bonchev–Trinajstić information content (AvgIpc) is 3.89. The van der Waals surface area contributed by atoms with Crippen LogP contribution in [0.4, 0.5) is 0 Å². The first-order valence-electron chi connectivity index (χ1n) is 20.0. The van der Waals surface area contributed by atoms with Crippen LogP contribution >= 0.6 is 0 Å². The molecule has 3 aromatic heterocycles. The molecule has 0 amide bonds. The summed E-state index contributed by atoms with van der Waals surface area (Å²) in [6.45, 7) is 4.33. The van der Waals surface area contributed by atoms with Crippen LogP contribution in [0.5, 0.6) is 17.5 Å². The number of pyridine rings is 2. The number of fused-ring (bicyclic) bond motifs is 5. The summed E-state index contributed by atoms with van der Waals surface area (Å²) in [5.74, 6) is 0.979. The molecule has 3 heterocycles. The third-order valence-corrected chi connectivity index (χ3v) is 12.4. The van der Waals surface area contributed by atoms with Crippen LogP contribution < -0.4 is 4.74 Å². The number of phenolic OH excluding ortho intramolecular Hbond substituents is 1. The first-order valence-corrected chi connectivity index (χ1v) is 20.0. The summed E-state index contributed by atoms with van der Waals surface area (Å²) >= 11 is 0. The van der Waals surface area contributed by atoms with Crippen LogP contribution in [0.3, 0.4) is 0 Å². The van der Waals surface area contributed by atoms with Crippen LogP contribution in [0, 0.1) is 25.3 Å². The van der Waals surface area contributed by atoms with Crippen molar-refractivity contribution in [3.05, 3.63) is 191 Å². The van der Waals surface area contributed by atoms with E-state index in [4.69, 9.17) is 14.7 Å². The summed E-state index contributed by atoms with van der Waals surface area (Å²) < 4.78 is 8.55. The second-order valence-corrected chi connectivity index (χ2v) is 16.3. The number of phenols is 1. The van der Waals surface area contributed by atoms with Crippen LogP contribution in [0.15, 0.2) is 152 Å². The second kappa shape index (κ2) is 14.5. The number of aromatic nitrogens is 3. The molecule has 1 N–H and O–H groups in total. The minimum absolute atomic E-state index is 0. The van der Waals surface area contributed by atoms with Crippen LogP contribution in [0.2, 0.25) is 0 Å². The van der Waals surface area contributed by atoms with Crippen molar-refractivity contribution in [1.82, 2.24) is 14.5 Å². The van der Waals surface area contributed by atoms with Gasteiger partial charge in [0, 0.05) is 49.5 Å². The minimum Gasteiger partial charge on any atom is -0.507 e. The van der Waals surface area contributed by atoms with Crippen molar-refractivity contribution in [3.8, 4) is 56.7 Å². The summed E-state index contributed by atoms with van der Waals surface area (Å²) in [6, 6.07) is 55.7. The van der Waals surface area contributed by atoms with Crippen LogP contribution in [0.1, 0.15) is 33.4 Å². The molecular formula is C53H40N3O2Pt-. The van der Waals surface area contributed by atoms with Gasteiger partial charge in [0.1, 0.15) is 11.4 Å². The summed E-state index contributed by atoms with van der Waals surface area (Å²) in [5, 5.41) is 13.3. The molecule has 0 saturated heterocycles. The first kappa shape index (κ1) is 37.0. The topological polar surface area (TPSA) is 60.2 Å². The fraction of sp³-hybridized carbons (Fsp3) is 0.132. The van der Waals surface area contributed by atoms with Crippen molar-refractivity contribution < 1.29 is 30.9 Å². The first-order chi connectivity index (χ1) is 28.4. The monoisotopic (exact) mass is 945 g/mol. The maximum atomic E-state index is 11.1. The molecule has 0 unspecified atom stereocenters. The van der Waals surface area contributed by atoms with Crippen LogP contribution in [-0.4, -0.2) is 19.6 Å². The molecule has 0 fully saturated rings. The number of aryl methyl sites for hydroxylation is 2. The zero-order chi connectivity index (χ0) is 39.0. The molecule has 0 saturated carbocycles. The normalized spacial score (nSPS) is 13.7. The van der Waals surface area contributed by atoms with E-state index in [1.54, 1.807) is 6.07 Å². The third kappa shape index (κ3) is 6.45. The minimum atomic E-state index is 0. The van der Waals surface area contributed by atoms with E-state index in [-0.39, 0.29) is 32.2 Å². The molecule has 59 heavy (non-hydrogen) atoms. The van der Waals surface area contributed by atoms with E-state index >= 15 is 0 Å². The number of nitrogens with zero attached hydrogens (tertiary/aromatic N) is 3. The fourth-order valence-electron chi connectivity index (χ4n) is 9.81. The molecule has 9 aromatic rings. The quantitative estimate of drug-likeness (QED) is 0.169. The van der Waals surface area contributed by atoms with Crippen molar-refractivity contribution >= 4 is 21.9 Å². The van der Waals surface area contributed by atoms with Gasteiger partial charge in [-0.2, -0.15) is 29.2 Å². The SMILES string of the molecule is Cc1cccc(C)c1-c1ccc2c(c1)c1ccc(Oc3cccc(-c4cc(-c5ccc6c(c5)CC5(Cc7ccccc7C5)C6)ccc4O)n3)nc1n2-c1[c-]cccc1.[Pt]. The van der Waals surface area contributed by atoms with Gasteiger partial charge in [-0.3, -0.25) is 0 Å². The van der Waals surface area contributed by atoms with E-state index in [2.05, 4.69) is 109 Å². The third-order valence-electron chi connectivity index (χ3n) is 12.4. The van der Waals surface area contributed by atoms with E-state index in [0.717, 1.165) is 64.4 Å². The van der Waals surface area contributed by atoms with Crippen LogP contribution in [0.25, 0.3) is 61.1 Å². The van der Waals surface area contributed by atoms with Crippen molar-refractivity contribution in [2.24, 2.45) is 5.41 Å². The maximum Gasteiger partial charge on any atom is 0.223 e. The van der Waals surface area contributed by atoms with Gasteiger partial charge in [-0.25, -0.2) is 4.98 Å². The number of hydrogen-bond donors (Lipinski definition) is 1. The Morgan fingerprint density at radius 3 is 2.05 bits per heavy atom. The Kier molecular flexibility index (Phi) is 9.10. The van der Waals surface area contributed by atoms with E-state index in [0.29, 0.717) is 23.0 Å². The second-order valence-electron chi connectivity index (χ2n) is 16.3. The van der Waals surface area contributed by atoms with Gasteiger partial charge < -0.3 is 14.4 Å². The maximum absolute atomic E-state index is 11.1. The molecular weight excluding hydrogens is 906 g/mol. The van der Waals surface area contributed by atoms with Crippen molar-refractivity contribution in [2.75, 3.05) is 0 Å². The standard InChI is InChI=1S/C53H40N3O2.Pt/c1-33-10-8-11-34(2)51(33)37-20-23-47-44(28-37)43-22-25-50(55-52(43)56(47)42-14-4-3-5-15-42)58-49-17-9-16-46(54-49)45-27-36(21-24-48(45)57)35-18-19-40-31-53(32-41(40)26-35)29-38-12-6-7-13-39(38)30-53;/h3-14,16-28,57H,29-32H2,1-2H3;/q-1;. The molecule has 0 aliphatic heterocycles. The molecule has 0 bridgehead atoms. The van der Waals surface area contributed by atoms with Crippen molar-refractivity contribution in [2.45, 2.75) is 39.5 Å². The van der Waals surface area contributed by atoms with Crippen LogP contribution in [-0.2, 0) is 46.7 Å². The zero-order valence-corrected chi connectivity index (χ0v) is 35.0. The largest absolute Gasteiger partial charge is 0.507 e. The van der Waals surface area contributed by atoms with E-state index in [1.807, 2.05) is 60.7 Å². The zero-order valence-electron chi connectivity index (χ0n) is 32.8. The Hall–Kier alpha value is -6.29.